The number of carboxylic acid groups (broad SMARTS) is 1. The van der Waals surface area contributed by atoms with E-state index in [1.165, 1.54) is 0 Å². The van der Waals surface area contributed by atoms with Crippen molar-refractivity contribution in [2.75, 3.05) is 6.54 Å². The van der Waals surface area contributed by atoms with Gasteiger partial charge in [0.15, 0.2) is 0 Å². The minimum atomic E-state index is -0.818. The Hall–Kier alpha value is -1.55. The Morgan fingerprint density at radius 1 is 1.38 bits per heavy atom. The number of hydrogen-bond acceptors (Lipinski definition) is 2. The number of carbonyl (C=O) groups excluding carboxylic acids is 1. The molecule has 1 atom stereocenters. The number of aliphatic carboxylic acids is 1. The highest BCUT2D eigenvalue weighted by molar-refractivity contribution is 6.34. The average molecular weight is 310 g/mol. The highest BCUT2D eigenvalue weighted by Crippen LogP contribution is 2.27. The van der Waals surface area contributed by atoms with Gasteiger partial charge in [0, 0.05) is 19.0 Å². The Bertz CT molecular complexity index is 524. The number of nitrogens with zero attached hydrogens (tertiary/aromatic N) is 1. The maximum Gasteiger partial charge on any atom is 0.303 e. The predicted molar refractivity (Wildman–Crippen MR) is 81.7 cm³/mol. The Kier molecular flexibility index (Phi) is 5.23. The van der Waals surface area contributed by atoms with Crippen molar-refractivity contribution in [3.8, 4) is 0 Å². The molecular formula is C16H20ClNO3. The van der Waals surface area contributed by atoms with E-state index in [1.807, 2.05) is 19.1 Å². The fourth-order valence-electron chi connectivity index (χ4n) is 2.90. The van der Waals surface area contributed by atoms with E-state index in [4.69, 9.17) is 16.7 Å². The first-order chi connectivity index (χ1) is 10.0. The molecule has 1 aliphatic heterocycles. The van der Waals surface area contributed by atoms with Gasteiger partial charge < -0.3 is 10.0 Å². The molecule has 1 aromatic rings. The van der Waals surface area contributed by atoms with Crippen LogP contribution in [0, 0.1) is 6.92 Å². The smallest absolute Gasteiger partial charge is 0.303 e. The fourth-order valence-corrected chi connectivity index (χ4v) is 3.21. The number of aryl methyl sites for hydroxylation is 1. The van der Waals surface area contributed by atoms with Gasteiger partial charge in [0.25, 0.3) is 5.91 Å². The van der Waals surface area contributed by atoms with Gasteiger partial charge in [-0.1, -0.05) is 23.7 Å². The van der Waals surface area contributed by atoms with Gasteiger partial charge in [-0.2, -0.15) is 0 Å². The van der Waals surface area contributed by atoms with E-state index in [2.05, 4.69) is 0 Å². The van der Waals surface area contributed by atoms with Gasteiger partial charge in [-0.15, -0.1) is 0 Å². The summed E-state index contributed by atoms with van der Waals surface area (Å²) in [6.07, 6.45) is 3.46. The van der Waals surface area contributed by atoms with E-state index in [1.54, 1.807) is 11.0 Å². The van der Waals surface area contributed by atoms with E-state index in [9.17, 15) is 9.59 Å². The maximum absolute atomic E-state index is 12.8. The summed E-state index contributed by atoms with van der Waals surface area (Å²) in [5.74, 6) is -0.893. The van der Waals surface area contributed by atoms with Crippen LogP contribution >= 0.6 is 11.6 Å². The van der Waals surface area contributed by atoms with Gasteiger partial charge >= 0.3 is 5.97 Å². The molecule has 5 heteroatoms. The third-order valence-corrected chi connectivity index (χ3v) is 4.33. The van der Waals surface area contributed by atoms with Gasteiger partial charge in [0.1, 0.15) is 0 Å². The second-order valence-corrected chi connectivity index (χ2v) is 5.92. The second-order valence-electron chi connectivity index (χ2n) is 5.51. The molecule has 0 saturated carbocycles. The van der Waals surface area contributed by atoms with Crippen LogP contribution in [0.1, 0.15) is 48.0 Å². The number of carbonyl (C=O) groups is 2. The molecule has 1 amide bonds. The van der Waals surface area contributed by atoms with Crippen LogP contribution in [-0.2, 0) is 4.79 Å². The molecule has 0 unspecified atom stereocenters. The molecule has 1 heterocycles. The predicted octanol–water partition coefficient (Wildman–Crippen LogP) is 3.51. The summed E-state index contributed by atoms with van der Waals surface area (Å²) >= 11 is 6.18. The molecule has 0 radical (unpaired) electrons. The second kappa shape index (κ2) is 6.94. The summed E-state index contributed by atoms with van der Waals surface area (Å²) in [5.41, 5.74) is 1.40. The first-order valence-electron chi connectivity index (χ1n) is 7.28. The summed E-state index contributed by atoms with van der Waals surface area (Å²) in [7, 11) is 0. The first-order valence-corrected chi connectivity index (χ1v) is 7.66. The maximum atomic E-state index is 12.8. The molecule has 1 N–H and O–H groups in total. The minimum absolute atomic E-state index is 0.00183. The monoisotopic (exact) mass is 309 g/mol. The Balaban J connectivity index is 2.20. The zero-order valence-corrected chi connectivity index (χ0v) is 12.9. The number of piperidine rings is 1. The summed E-state index contributed by atoms with van der Waals surface area (Å²) in [5, 5.41) is 9.31. The van der Waals surface area contributed by atoms with Crippen molar-refractivity contribution < 1.29 is 14.7 Å². The van der Waals surface area contributed by atoms with Gasteiger partial charge in [0.05, 0.1) is 10.6 Å². The number of likely N-dealkylation sites (tertiary alicyclic amines) is 1. The van der Waals surface area contributed by atoms with Crippen molar-refractivity contribution in [2.45, 2.75) is 45.1 Å². The average Bonchev–Trinajstić information content (AvgIpc) is 2.45. The van der Waals surface area contributed by atoms with Crippen LogP contribution < -0.4 is 0 Å². The lowest BCUT2D eigenvalue weighted by atomic mass is 9.96. The number of amides is 1. The van der Waals surface area contributed by atoms with Gasteiger partial charge in [-0.05, 0) is 44.2 Å². The van der Waals surface area contributed by atoms with E-state index >= 15 is 0 Å². The largest absolute Gasteiger partial charge is 0.481 e. The Morgan fingerprint density at radius 3 is 2.81 bits per heavy atom. The Labute approximate surface area is 129 Å². The first kappa shape index (κ1) is 15.8. The van der Waals surface area contributed by atoms with E-state index in [0.29, 0.717) is 23.6 Å². The van der Waals surface area contributed by atoms with Crippen LogP contribution in [0.3, 0.4) is 0 Å². The lowest BCUT2D eigenvalue weighted by Crippen LogP contribution is -2.44. The van der Waals surface area contributed by atoms with Crippen molar-refractivity contribution in [1.82, 2.24) is 4.90 Å². The highest BCUT2D eigenvalue weighted by atomic mass is 35.5. The van der Waals surface area contributed by atoms with E-state index < -0.39 is 5.97 Å². The van der Waals surface area contributed by atoms with Crippen molar-refractivity contribution in [3.63, 3.8) is 0 Å². The molecule has 1 saturated heterocycles. The third-order valence-electron chi connectivity index (χ3n) is 4.02. The van der Waals surface area contributed by atoms with Crippen LogP contribution in [0.5, 0.6) is 0 Å². The Morgan fingerprint density at radius 2 is 2.14 bits per heavy atom. The number of hydrogen-bond donors (Lipinski definition) is 1. The molecule has 1 fully saturated rings. The van der Waals surface area contributed by atoms with Gasteiger partial charge in [-0.3, -0.25) is 9.59 Å². The van der Waals surface area contributed by atoms with Crippen molar-refractivity contribution >= 4 is 23.5 Å². The number of halogens is 1. The van der Waals surface area contributed by atoms with Crippen LogP contribution in [0.25, 0.3) is 0 Å². The molecule has 0 aromatic heterocycles. The van der Waals surface area contributed by atoms with Crippen LogP contribution in [0.15, 0.2) is 18.2 Å². The minimum Gasteiger partial charge on any atom is -0.481 e. The normalized spacial score (nSPS) is 18.6. The molecule has 2 rings (SSSR count). The van der Waals surface area contributed by atoms with Crippen LogP contribution in [-0.4, -0.2) is 34.5 Å². The fraction of sp³-hybridized carbons (Fsp3) is 0.500. The lowest BCUT2D eigenvalue weighted by molar-refractivity contribution is -0.137. The zero-order valence-electron chi connectivity index (χ0n) is 12.1. The van der Waals surface area contributed by atoms with Gasteiger partial charge in [-0.25, -0.2) is 0 Å². The van der Waals surface area contributed by atoms with Crippen molar-refractivity contribution in [2.24, 2.45) is 0 Å². The molecule has 0 spiro atoms. The van der Waals surface area contributed by atoms with Gasteiger partial charge in [0.2, 0.25) is 0 Å². The van der Waals surface area contributed by atoms with E-state index in [0.717, 1.165) is 24.8 Å². The summed E-state index contributed by atoms with van der Waals surface area (Å²) in [4.78, 5) is 25.4. The molecule has 1 aliphatic rings. The lowest BCUT2D eigenvalue weighted by Gasteiger charge is -2.36. The summed E-state index contributed by atoms with van der Waals surface area (Å²) < 4.78 is 0. The molecule has 21 heavy (non-hydrogen) atoms. The standard InChI is InChI=1S/C16H20ClNO3/c1-11-5-4-7-13(17)15(11)16(21)18-10-3-2-6-12(18)8-9-14(19)20/h4-5,7,12H,2-3,6,8-10H2,1H3,(H,19,20)/t12-/m0/s1. The third kappa shape index (κ3) is 3.76. The number of rotatable bonds is 4. The quantitative estimate of drug-likeness (QED) is 0.926. The van der Waals surface area contributed by atoms with E-state index in [-0.39, 0.29) is 18.4 Å². The molecule has 4 nitrogen and oxygen atoms in total. The highest BCUT2D eigenvalue weighted by Gasteiger charge is 2.29. The summed E-state index contributed by atoms with van der Waals surface area (Å²) in [6, 6.07) is 5.41. The topological polar surface area (TPSA) is 57.6 Å². The van der Waals surface area contributed by atoms with Crippen molar-refractivity contribution in [1.29, 1.82) is 0 Å². The number of carboxylic acids is 1. The molecule has 1 aromatic carbocycles. The summed E-state index contributed by atoms with van der Waals surface area (Å²) in [6.45, 7) is 2.54. The zero-order chi connectivity index (χ0) is 15.4. The van der Waals surface area contributed by atoms with Crippen molar-refractivity contribution in [3.05, 3.63) is 34.3 Å². The SMILES string of the molecule is Cc1cccc(Cl)c1C(=O)N1CCCC[C@H]1CCC(=O)O. The van der Waals surface area contributed by atoms with Crippen LogP contribution in [0.4, 0.5) is 0 Å². The number of benzene rings is 1. The molecule has 114 valence electrons. The molecule has 0 bridgehead atoms. The molecular weight excluding hydrogens is 290 g/mol. The van der Waals surface area contributed by atoms with Crippen LogP contribution in [0.2, 0.25) is 5.02 Å². The molecule has 0 aliphatic carbocycles.